The number of hydrogen-bond acceptors (Lipinski definition) is 4. The number of rotatable bonds is 5. The number of aromatic carboxylic acids is 1. The van der Waals surface area contributed by atoms with Gasteiger partial charge in [-0.1, -0.05) is 35.9 Å². The Morgan fingerprint density at radius 1 is 0.943 bits per heavy atom. The summed E-state index contributed by atoms with van der Waals surface area (Å²) in [5.74, 6) is -2.23. The highest BCUT2D eigenvalue weighted by Crippen LogP contribution is 2.34. The number of carbonyl (C=O) groups is 2. The molecule has 3 aromatic carbocycles. The molecule has 0 unspecified atom stereocenters. The molecule has 0 bridgehead atoms. The summed E-state index contributed by atoms with van der Waals surface area (Å²) in [5.41, 5.74) is -0.552. The van der Waals surface area contributed by atoms with E-state index >= 15 is 0 Å². The molecule has 0 fully saturated rings. The molecule has 35 heavy (non-hydrogen) atoms. The van der Waals surface area contributed by atoms with E-state index in [9.17, 15) is 27.9 Å². The third kappa shape index (κ3) is 4.97. The van der Waals surface area contributed by atoms with Gasteiger partial charge in [0.2, 0.25) is 0 Å². The number of halogens is 4. The molecule has 4 rings (SSSR count). The zero-order chi connectivity index (χ0) is 25.3. The van der Waals surface area contributed by atoms with Gasteiger partial charge in [0.05, 0.1) is 27.7 Å². The molecule has 11 heteroatoms. The van der Waals surface area contributed by atoms with Crippen molar-refractivity contribution >= 4 is 29.2 Å². The van der Waals surface area contributed by atoms with Crippen LogP contribution in [0.4, 0.5) is 18.9 Å². The molecule has 0 aliphatic heterocycles. The number of benzene rings is 3. The molecule has 1 amide bonds. The number of carboxylic acids is 1. The van der Waals surface area contributed by atoms with Crippen LogP contribution in [0.3, 0.4) is 0 Å². The number of phenolic OH excluding ortho intramolecular Hbond substituents is 1. The van der Waals surface area contributed by atoms with Crippen molar-refractivity contribution in [3.8, 4) is 22.7 Å². The van der Waals surface area contributed by atoms with Gasteiger partial charge < -0.3 is 15.5 Å². The van der Waals surface area contributed by atoms with Crippen LogP contribution in [-0.4, -0.2) is 31.9 Å². The molecule has 3 N–H and O–H groups in total. The maximum Gasteiger partial charge on any atom is 0.435 e. The third-order valence-electron chi connectivity index (χ3n) is 5.01. The second kappa shape index (κ2) is 9.15. The molecular formula is C24H15ClF3N3O4. The van der Waals surface area contributed by atoms with Gasteiger partial charge in [-0.05, 0) is 48.5 Å². The van der Waals surface area contributed by atoms with Gasteiger partial charge in [-0.3, -0.25) is 4.79 Å². The maximum atomic E-state index is 13.4. The molecule has 0 atom stereocenters. The zero-order valence-electron chi connectivity index (χ0n) is 17.5. The third-order valence-corrected chi connectivity index (χ3v) is 5.33. The lowest BCUT2D eigenvalue weighted by Gasteiger charge is -2.11. The lowest BCUT2D eigenvalue weighted by atomic mass is 10.1. The van der Waals surface area contributed by atoms with E-state index in [1.165, 1.54) is 42.5 Å². The van der Waals surface area contributed by atoms with E-state index in [0.29, 0.717) is 5.56 Å². The molecular weight excluding hydrogens is 487 g/mol. The van der Waals surface area contributed by atoms with E-state index in [1.54, 1.807) is 12.1 Å². The van der Waals surface area contributed by atoms with Gasteiger partial charge in [0.25, 0.3) is 5.91 Å². The Labute approximate surface area is 201 Å². The second-order valence-corrected chi connectivity index (χ2v) is 7.75. The number of hydrogen-bond donors (Lipinski definition) is 3. The lowest BCUT2D eigenvalue weighted by Crippen LogP contribution is -2.12. The summed E-state index contributed by atoms with van der Waals surface area (Å²) >= 11 is 6.18. The van der Waals surface area contributed by atoms with Gasteiger partial charge in [-0.25, -0.2) is 9.48 Å². The van der Waals surface area contributed by atoms with Crippen LogP contribution in [-0.2, 0) is 6.18 Å². The van der Waals surface area contributed by atoms with Crippen LogP contribution in [0.1, 0.15) is 26.4 Å². The molecule has 7 nitrogen and oxygen atoms in total. The molecule has 0 radical (unpaired) electrons. The summed E-state index contributed by atoms with van der Waals surface area (Å²) in [6.45, 7) is 0. The van der Waals surface area contributed by atoms with Crippen molar-refractivity contribution in [2.45, 2.75) is 6.18 Å². The highest BCUT2D eigenvalue weighted by Gasteiger charge is 2.35. The van der Waals surface area contributed by atoms with Crippen LogP contribution in [0.15, 0.2) is 72.8 Å². The highest BCUT2D eigenvalue weighted by atomic mass is 35.5. The number of nitrogens with one attached hydrogen (secondary N) is 1. The number of aromatic hydroxyl groups is 1. The standard InChI is InChI=1S/C24H15ClF3N3O4/c25-16-3-1-2-4-18(16)31-19(12-21(30-31)24(26,27)28)13-5-7-14(8-6-13)22(33)29-17-11-15(23(34)35)9-10-20(17)32/h1-12,32H,(H,29,33)(H,34,35). The van der Waals surface area contributed by atoms with E-state index < -0.39 is 23.7 Å². The van der Waals surface area contributed by atoms with Crippen LogP contribution in [0.25, 0.3) is 16.9 Å². The molecule has 0 spiro atoms. The summed E-state index contributed by atoms with van der Waals surface area (Å²) in [6, 6.07) is 16.2. The van der Waals surface area contributed by atoms with Crippen LogP contribution < -0.4 is 5.32 Å². The fourth-order valence-electron chi connectivity index (χ4n) is 3.29. The van der Waals surface area contributed by atoms with E-state index in [1.807, 2.05) is 0 Å². The smallest absolute Gasteiger partial charge is 0.435 e. The van der Waals surface area contributed by atoms with E-state index in [0.717, 1.165) is 22.9 Å². The van der Waals surface area contributed by atoms with Crippen LogP contribution in [0.5, 0.6) is 5.75 Å². The second-order valence-electron chi connectivity index (χ2n) is 7.34. The first-order valence-electron chi connectivity index (χ1n) is 9.95. The quantitative estimate of drug-likeness (QED) is 0.297. The van der Waals surface area contributed by atoms with Crippen molar-refractivity contribution in [3.05, 3.63) is 94.6 Å². The fourth-order valence-corrected chi connectivity index (χ4v) is 3.50. The number of nitrogens with zero attached hydrogens (tertiary/aromatic N) is 2. The van der Waals surface area contributed by atoms with Crippen LogP contribution in [0.2, 0.25) is 5.02 Å². The van der Waals surface area contributed by atoms with Gasteiger partial charge in [-0.15, -0.1) is 0 Å². The molecule has 0 saturated heterocycles. The Hall–Kier alpha value is -4.31. The van der Waals surface area contributed by atoms with Crippen molar-refractivity contribution in [2.24, 2.45) is 0 Å². The zero-order valence-corrected chi connectivity index (χ0v) is 18.3. The minimum atomic E-state index is -4.69. The number of aromatic nitrogens is 2. The summed E-state index contributed by atoms with van der Waals surface area (Å²) < 4.78 is 41.2. The van der Waals surface area contributed by atoms with Gasteiger partial charge in [-0.2, -0.15) is 18.3 Å². The fraction of sp³-hybridized carbons (Fsp3) is 0.0417. The van der Waals surface area contributed by atoms with Crippen LogP contribution in [0, 0.1) is 0 Å². The molecule has 1 heterocycles. The number of amides is 1. The van der Waals surface area contributed by atoms with Gasteiger partial charge in [0.15, 0.2) is 5.69 Å². The van der Waals surface area contributed by atoms with E-state index in [2.05, 4.69) is 10.4 Å². The number of phenols is 1. The number of anilines is 1. The maximum absolute atomic E-state index is 13.4. The Balaban J connectivity index is 1.67. The SMILES string of the molecule is O=C(O)c1ccc(O)c(NC(=O)c2ccc(-c3cc(C(F)(F)F)nn3-c3ccccc3Cl)cc2)c1. The normalized spacial score (nSPS) is 11.3. The van der Waals surface area contributed by atoms with E-state index in [4.69, 9.17) is 16.7 Å². The first-order chi connectivity index (χ1) is 16.5. The Bertz CT molecular complexity index is 1430. The molecule has 0 saturated carbocycles. The summed E-state index contributed by atoms with van der Waals surface area (Å²) in [5, 5.41) is 25.3. The van der Waals surface area contributed by atoms with Crippen molar-refractivity contribution in [2.75, 3.05) is 5.32 Å². The predicted molar refractivity (Wildman–Crippen MR) is 122 cm³/mol. The largest absolute Gasteiger partial charge is 0.506 e. The first kappa shape index (κ1) is 23.8. The minimum Gasteiger partial charge on any atom is -0.506 e. The van der Waals surface area contributed by atoms with Crippen LogP contribution >= 0.6 is 11.6 Å². The topological polar surface area (TPSA) is 104 Å². The van der Waals surface area contributed by atoms with Gasteiger partial charge in [0.1, 0.15) is 5.75 Å². The van der Waals surface area contributed by atoms with Gasteiger partial charge >= 0.3 is 12.1 Å². The highest BCUT2D eigenvalue weighted by molar-refractivity contribution is 6.32. The van der Waals surface area contributed by atoms with E-state index in [-0.39, 0.29) is 39.0 Å². The minimum absolute atomic E-state index is 0.101. The van der Waals surface area contributed by atoms with Gasteiger partial charge in [0, 0.05) is 11.1 Å². The lowest BCUT2D eigenvalue weighted by molar-refractivity contribution is -0.141. The average Bonchev–Trinajstić information content (AvgIpc) is 3.26. The molecule has 178 valence electrons. The van der Waals surface area contributed by atoms with Crippen molar-refractivity contribution in [1.29, 1.82) is 0 Å². The summed E-state index contributed by atoms with van der Waals surface area (Å²) in [7, 11) is 0. The Morgan fingerprint density at radius 2 is 1.60 bits per heavy atom. The average molecular weight is 502 g/mol. The number of carboxylic acid groups (broad SMARTS) is 1. The van der Waals surface area contributed by atoms with Crippen molar-refractivity contribution < 1.29 is 33.0 Å². The predicted octanol–water partition coefficient (Wildman–Crippen LogP) is 5.87. The summed E-state index contributed by atoms with van der Waals surface area (Å²) in [4.78, 5) is 23.7. The molecule has 0 aliphatic rings. The number of para-hydroxylation sites is 1. The Morgan fingerprint density at radius 3 is 2.23 bits per heavy atom. The van der Waals surface area contributed by atoms with Crippen molar-refractivity contribution in [3.63, 3.8) is 0 Å². The summed E-state index contributed by atoms with van der Waals surface area (Å²) in [6.07, 6.45) is -4.69. The number of alkyl halides is 3. The molecule has 0 aliphatic carbocycles. The van der Waals surface area contributed by atoms with Crippen molar-refractivity contribution in [1.82, 2.24) is 9.78 Å². The first-order valence-corrected chi connectivity index (χ1v) is 10.3. The monoisotopic (exact) mass is 501 g/mol. The molecule has 4 aromatic rings. The Kier molecular flexibility index (Phi) is 6.23. The molecule has 1 aromatic heterocycles. The number of carbonyl (C=O) groups excluding carboxylic acids is 1.